The first kappa shape index (κ1) is 12.1. The van der Waals surface area contributed by atoms with Crippen molar-refractivity contribution in [3.05, 3.63) is 40.4 Å². The first-order chi connectivity index (χ1) is 8.31. The Morgan fingerprint density at radius 3 is 2.71 bits per heavy atom. The summed E-state index contributed by atoms with van der Waals surface area (Å²) in [6.45, 7) is 2.53. The number of benzene rings is 1. The number of aromatic nitrogens is 2. The van der Waals surface area contributed by atoms with Crippen LogP contribution in [0.5, 0.6) is 17.4 Å². The normalized spacial score (nSPS) is 10.0. The average Bonchev–Trinajstić information content (AvgIpc) is 2.35. The molecule has 0 saturated heterocycles. The molecule has 0 aliphatic heterocycles. The molecule has 0 unspecified atom stereocenters. The average molecular weight is 342 g/mol. The molecule has 0 spiro atoms. The van der Waals surface area contributed by atoms with E-state index in [0.29, 0.717) is 24.0 Å². The maximum Gasteiger partial charge on any atom is 0.235 e. The summed E-state index contributed by atoms with van der Waals surface area (Å²) in [6.07, 6.45) is 3.16. The maximum absolute atomic E-state index is 5.71. The van der Waals surface area contributed by atoms with Gasteiger partial charge in [-0.15, -0.1) is 0 Å². The molecular formula is C12H11IN2O2. The molecule has 0 aliphatic rings. The van der Waals surface area contributed by atoms with Crippen LogP contribution in [0.25, 0.3) is 0 Å². The quantitative estimate of drug-likeness (QED) is 0.800. The predicted molar refractivity (Wildman–Crippen MR) is 72.4 cm³/mol. The van der Waals surface area contributed by atoms with Crippen LogP contribution in [-0.2, 0) is 0 Å². The van der Waals surface area contributed by atoms with Crippen LogP contribution in [0.2, 0.25) is 0 Å². The fraction of sp³-hybridized carbons (Fsp3) is 0.167. The van der Waals surface area contributed by atoms with E-state index in [1.54, 1.807) is 6.20 Å². The Morgan fingerprint density at radius 2 is 2.00 bits per heavy atom. The van der Waals surface area contributed by atoms with Gasteiger partial charge in [0.1, 0.15) is 6.33 Å². The lowest BCUT2D eigenvalue weighted by Gasteiger charge is -2.10. The molecule has 17 heavy (non-hydrogen) atoms. The maximum atomic E-state index is 5.71. The lowest BCUT2D eigenvalue weighted by atomic mass is 10.3. The number of rotatable bonds is 4. The molecule has 1 aromatic heterocycles. The van der Waals surface area contributed by atoms with E-state index < -0.39 is 0 Å². The first-order valence-corrected chi connectivity index (χ1v) is 6.24. The molecule has 2 rings (SSSR count). The Labute approximate surface area is 113 Å². The van der Waals surface area contributed by atoms with Crippen molar-refractivity contribution in [2.45, 2.75) is 6.92 Å². The molecule has 0 amide bonds. The lowest BCUT2D eigenvalue weighted by Crippen LogP contribution is -1.97. The molecule has 2 aromatic rings. The highest BCUT2D eigenvalue weighted by molar-refractivity contribution is 14.1. The van der Waals surface area contributed by atoms with Crippen molar-refractivity contribution in [3.63, 3.8) is 0 Å². The van der Waals surface area contributed by atoms with Crippen LogP contribution in [0, 0.1) is 3.57 Å². The van der Waals surface area contributed by atoms with Crippen LogP contribution in [-0.4, -0.2) is 16.6 Å². The van der Waals surface area contributed by atoms with Gasteiger partial charge in [0.25, 0.3) is 0 Å². The Hall–Kier alpha value is -1.37. The molecule has 0 atom stereocenters. The molecule has 0 aliphatic carbocycles. The van der Waals surface area contributed by atoms with Gasteiger partial charge >= 0.3 is 0 Å². The Bertz CT molecular complexity index is 505. The highest BCUT2D eigenvalue weighted by Gasteiger charge is 2.08. The largest absolute Gasteiger partial charge is 0.490 e. The second kappa shape index (κ2) is 5.81. The van der Waals surface area contributed by atoms with E-state index in [2.05, 4.69) is 32.6 Å². The molecular weight excluding hydrogens is 331 g/mol. The zero-order valence-corrected chi connectivity index (χ0v) is 11.4. The minimum atomic E-state index is 0.535. The van der Waals surface area contributed by atoms with E-state index in [0.717, 1.165) is 3.57 Å². The summed E-state index contributed by atoms with van der Waals surface area (Å²) in [7, 11) is 0. The molecule has 0 bridgehead atoms. The standard InChI is InChI=1S/C12H11IN2O2/c1-2-16-10-5-3-4-6-11(10)17-12-9(13)7-14-8-15-12/h3-8H,2H2,1H3. The number of halogens is 1. The minimum absolute atomic E-state index is 0.535. The molecule has 1 heterocycles. The molecule has 88 valence electrons. The zero-order chi connectivity index (χ0) is 12.1. The van der Waals surface area contributed by atoms with E-state index in [1.807, 2.05) is 31.2 Å². The van der Waals surface area contributed by atoms with E-state index in [1.165, 1.54) is 6.33 Å². The van der Waals surface area contributed by atoms with Crippen LogP contribution in [0.15, 0.2) is 36.8 Å². The van der Waals surface area contributed by atoms with Gasteiger partial charge in [0.05, 0.1) is 10.2 Å². The third-order valence-electron chi connectivity index (χ3n) is 1.99. The van der Waals surface area contributed by atoms with E-state index in [4.69, 9.17) is 9.47 Å². The van der Waals surface area contributed by atoms with Gasteiger partial charge < -0.3 is 9.47 Å². The van der Waals surface area contributed by atoms with Crippen LogP contribution < -0.4 is 9.47 Å². The number of hydrogen-bond acceptors (Lipinski definition) is 4. The van der Waals surface area contributed by atoms with Crippen molar-refractivity contribution in [1.82, 2.24) is 9.97 Å². The highest BCUT2D eigenvalue weighted by Crippen LogP contribution is 2.31. The van der Waals surface area contributed by atoms with E-state index in [-0.39, 0.29) is 0 Å². The van der Waals surface area contributed by atoms with Crippen molar-refractivity contribution in [2.75, 3.05) is 6.61 Å². The zero-order valence-electron chi connectivity index (χ0n) is 9.26. The summed E-state index contributed by atoms with van der Waals surface area (Å²) < 4.78 is 12.0. The fourth-order valence-electron chi connectivity index (χ4n) is 1.29. The third-order valence-corrected chi connectivity index (χ3v) is 2.73. The predicted octanol–water partition coefficient (Wildman–Crippen LogP) is 3.27. The summed E-state index contributed by atoms with van der Waals surface area (Å²) in [5.74, 6) is 1.91. The monoisotopic (exact) mass is 342 g/mol. The smallest absolute Gasteiger partial charge is 0.235 e. The van der Waals surface area contributed by atoms with Crippen LogP contribution in [0.4, 0.5) is 0 Å². The van der Waals surface area contributed by atoms with Gasteiger partial charge in [0.15, 0.2) is 11.5 Å². The molecule has 0 N–H and O–H groups in total. The second-order valence-corrected chi connectivity index (χ2v) is 4.32. The van der Waals surface area contributed by atoms with Crippen molar-refractivity contribution in [1.29, 1.82) is 0 Å². The number of para-hydroxylation sites is 2. The Kier molecular flexibility index (Phi) is 4.13. The topological polar surface area (TPSA) is 44.2 Å². The number of hydrogen-bond donors (Lipinski definition) is 0. The van der Waals surface area contributed by atoms with Crippen molar-refractivity contribution < 1.29 is 9.47 Å². The van der Waals surface area contributed by atoms with Gasteiger partial charge in [0.2, 0.25) is 5.88 Å². The summed E-state index contributed by atoms with van der Waals surface area (Å²) in [6, 6.07) is 7.52. The van der Waals surface area contributed by atoms with Gasteiger partial charge in [-0.2, -0.15) is 0 Å². The third kappa shape index (κ3) is 3.06. The lowest BCUT2D eigenvalue weighted by molar-refractivity contribution is 0.319. The summed E-state index contributed by atoms with van der Waals surface area (Å²) in [4.78, 5) is 7.99. The minimum Gasteiger partial charge on any atom is -0.490 e. The van der Waals surface area contributed by atoms with Crippen LogP contribution in [0.1, 0.15) is 6.92 Å². The van der Waals surface area contributed by atoms with Gasteiger partial charge in [-0.05, 0) is 41.6 Å². The van der Waals surface area contributed by atoms with Gasteiger partial charge in [-0.1, -0.05) is 12.1 Å². The second-order valence-electron chi connectivity index (χ2n) is 3.16. The van der Waals surface area contributed by atoms with Crippen molar-refractivity contribution in [3.8, 4) is 17.4 Å². The van der Waals surface area contributed by atoms with E-state index in [9.17, 15) is 0 Å². The summed E-state index contributed by atoms with van der Waals surface area (Å²) >= 11 is 2.13. The SMILES string of the molecule is CCOc1ccccc1Oc1ncncc1I. The van der Waals surface area contributed by atoms with Gasteiger partial charge in [-0.25, -0.2) is 9.97 Å². The molecule has 4 nitrogen and oxygen atoms in total. The molecule has 1 aromatic carbocycles. The summed E-state index contributed by atoms with van der Waals surface area (Å²) in [5, 5.41) is 0. The Balaban J connectivity index is 2.27. The van der Waals surface area contributed by atoms with Crippen molar-refractivity contribution >= 4 is 22.6 Å². The highest BCUT2D eigenvalue weighted by atomic mass is 127. The van der Waals surface area contributed by atoms with Gasteiger partial charge in [0, 0.05) is 6.20 Å². The van der Waals surface area contributed by atoms with Gasteiger partial charge in [-0.3, -0.25) is 0 Å². The first-order valence-electron chi connectivity index (χ1n) is 5.16. The number of nitrogens with zero attached hydrogens (tertiary/aromatic N) is 2. The molecule has 0 radical (unpaired) electrons. The summed E-state index contributed by atoms with van der Waals surface area (Å²) in [5.41, 5.74) is 0. The number of ether oxygens (including phenoxy) is 2. The molecule has 0 fully saturated rings. The van der Waals surface area contributed by atoms with Crippen LogP contribution >= 0.6 is 22.6 Å². The van der Waals surface area contributed by atoms with Crippen LogP contribution in [0.3, 0.4) is 0 Å². The molecule has 0 saturated carbocycles. The van der Waals surface area contributed by atoms with E-state index >= 15 is 0 Å². The van der Waals surface area contributed by atoms with Crippen molar-refractivity contribution in [2.24, 2.45) is 0 Å². The Morgan fingerprint density at radius 1 is 1.24 bits per heavy atom. The molecule has 5 heteroatoms. The fourth-order valence-corrected chi connectivity index (χ4v) is 1.70.